The molecule has 0 saturated heterocycles. The molecule has 0 atom stereocenters. The van der Waals surface area contributed by atoms with Crippen LogP contribution in [0.4, 0.5) is 0 Å². The molecule has 86 valence electrons. The van der Waals surface area contributed by atoms with Crippen molar-refractivity contribution in [2.24, 2.45) is 5.73 Å². The van der Waals surface area contributed by atoms with E-state index in [0.717, 1.165) is 5.56 Å². The number of benzene rings is 1. The third kappa shape index (κ3) is 1.62. The Bertz CT molecular complexity index is 724. The molecule has 0 saturated carbocycles. The van der Waals surface area contributed by atoms with Gasteiger partial charge in [0.05, 0.1) is 12.1 Å². The SMILES string of the molecule is NCc1nc(-c2ccc3oc(=O)[nH]c3c2)no1. The highest BCUT2D eigenvalue weighted by atomic mass is 16.5. The molecule has 3 rings (SSSR count). The molecule has 0 radical (unpaired) electrons. The van der Waals surface area contributed by atoms with E-state index in [1.807, 2.05) is 0 Å². The number of nitrogens with zero attached hydrogens (tertiary/aromatic N) is 2. The Balaban J connectivity index is 2.13. The topological polar surface area (TPSA) is 111 Å². The minimum atomic E-state index is -0.493. The lowest BCUT2D eigenvalue weighted by Crippen LogP contribution is -1.95. The zero-order valence-corrected chi connectivity index (χ0v) is 8.64. The molecule has 0 aliphatic heterocycles. The molecule has 7 heteroatoms. The van der Waals surface area contributed by atoms with Crippen LogP contribution >= 0.6 is 0 Å². The summed E-state index contributed by atoms with van der Waals surface area (Å²) in [5.41, 5.74) is 7.17. The standard InChI is InChI=1S/C10H8N4O3/c11-4-8-13-9(14-17-8)5-1-2-7-6(3-5)12-10(15)16-7/h1-3H,4,11H2,(H,12,15). The Kier molecular flexibility index (Phi) is 2.05. The molecule has 0 amide bonds. The Morgan fingerprint density at radius 1 is 1.41 bits per heavy atom. The van der Waals surface area contributed by atoms with Crippen LogP contribution in [0.25, 0.3) is 22.5 Å². The van der Waals surface area contributed by atoms with Crippen molar-refractivity contribution in [3.05, 3.63) is 34.6 Å². The highest BCUT2D eigenvalue weighted by Crippen LogP contribution is 2.20. The van der Waals surface area contributed by atoms with Crippen LogP contribution in [0, 0.1) is 0 Å². The largest absolute Gasteiger partial charge is 0.417 e. The van der Waals surface area contributed by atoms with Gasteiger partial charge in [-0.15, -0.1) is 0 Å². The van der Waals surface area contributed by atoms with Gasteiger partial charge in [0.15, 0.2) is 5.58 Å². The van der Waals surface area contributed by atoms with E-state index >= 15 is 0 Å². The Morgan fingerprint density at radius 2 is 2.29 bits per heavy atom. The lowest BCUT2D eigenvalue weighted by molar-refractivity contribution is 0.380. The number of nitrogens with two attached hydrogens (primary N) is 1. The number of H-pyrrole nitrogens is 1. The van der Waals surface area contributed by atoms with Gasteiger partial charge in [-0.2, -0.15) is 4.98 Å². The van der Waals surface area contributed by atoms with Crippen LogP contribution in [0.3, 0.4) is 0 Å². The lowest BCUT2D eigenvalue weighted by atomic mass is 10.2. The van der Waals surface area contributed by atoms with Crippen molar-refractivity contribution in [3.63, 3.8) is 0 Å². The first-order valence-electron chi connectivity index (χ1n) is 4.92. The highest BCUT2D eigenvalue weighted by molar-refractivity contribution is 5.78. The molecule has 0 unspecified atom stereocenters. The fourth-order valence-electron chi connectivity index (χ4n) is 1.55. The molecule has 7 nitrogen and oxygen atoms in total. The van der Waals surface area contributed by atoms with Gasteiger partial charge >= 0.3 is 5.76 Å². The molecule has 17 heavy (non-hydrogen) atoms. The summed E-state index contributed by atoms with van der Waals surface area (Å²) < 4.78 is 9.79. The number of rotatable bonds is 2. The van der Waals surface area contributed by atoms with Gasteiger partial charge < -0.3 is 14.7 Å². The molecule has 0 aliphatic rings. The normalized spacial score (nSPS) is 11.1. The van der Waals surface area contributed by atoms with Crippen molar-refractivity contribution in [3.8, 4) is 11.4 Å². The summed E-state index contributed by atoms with van der Waals surface area (Å²) in [7, 11) is 0. The molecule has 0 bridgehead atoms. The number of fused-ring (bicyclic) bond motifs is 1. The quantitative estimate of drug-likeness (QED) is 0.670. The van der Waals surface area contributed by atoms with Crippen LogP contribution in [-0.4, -0.2) is 15.1 Å². The molecule has 0 spiro atoms. The van der Waals surface area contributed by atoms with Crippen LogP contribution in [0.2, 0.25) is 0 Å². The van der Waals surface area contributed by atoms with E-state index in [2.05, 4.69) is 15.1 Å². The first kappa shape index (κ1) is 9.79. The van der Waals surface area contributed by atoms with Crippen molar-refractivity contribution in [2.75, 3.05) is 0 Å². The summed E-state index contributed by atoms with van der Waals surface area (Å²) in [5.74, 6) is 0.295. The van der Waals surface area contributed by atoms with E-state index < -0.39 is 5.76 Å². The summed E-state index contributed by atoms with van der Waals surface area (Å²) in [4.78, 5) is 17.6. The average Bonchev–Trinajstić information content (AvgIpc) is 2.92. The van der Waals surface area contributed by atoms with E-state index in [9.17, 15) is 4.79 Å². The maximum atomic E-state index is 11.0. The predicted molar refractivity (Wildman–Crippen MR) is 58.0 cm³/mol. The third-order valence-electron chi connectivity index (χ3n) is 2.32. The molecule has 2 heterocycles. The van der Waals surface area contributed by atoms with Crippen LogP contribution in [0.1, 0.15) is 5.89 Å². The fourth-order valence-corrected chi connectivity index (χ4v) is 1.55. The van der Waals surface area contributed by atoms with Crippen molar-refractivity contribution in [2.45, 2.75) is 6.54 Å². The molecule has 0 fully saturated rings. The first-order chi connectivity index (χ1) is 8.26. The molecular weight excluding hydrogens is 224 g/mol. The summed E-state index contributed by atoms with van der Waals surface area (Å²) >= 11 is 0. The number of oxazole rings is 1. The van der Waals surface area contributed by atoms with E-state index in [-0.39, 0.29) is 6.54 Å². The zero-order chi connectivity index (χ0) is 11.8. The smallest absolute Gasteiger partial charge is 0.408 e. The van der Waals surface area contributed by atoms with Gasteiger partial charge in [-0.25, -0.2) is 4.79 Å². The minimum absolute atomic E-state index is 0.192. The third-order valence-corrected chi connectivity index (χ3v) is 2.32. The van der Waals surface area contributed by atoms with Gasteiger partial charge in [0.2, 0.25) is 11.7 Å². The average molecular weight is 232 g/mol. The van der Waals surface area contributed by atoms with Gasteiger partial charge in [-0.1, -0.05) is 5.16 Å². The second kappa shape index (κ2) is 3.56. The maximum absolute atomic E-state index is 11.0. The highest BCUT2D eigenvalue weighted by Gasteiger charge is 2.09. The number of hydrogen-bond donors (Lipinski definition) is 2. The van der Waals surface area contributed by atoms with Gasteiger partial charge in [-0.3, -0.25) is 4.98 Å². The molecule has 3 aromatic rings. The van der Waals surface area contributed by atoms with E-state index in [0.29, 0.717) is 22.8 Å². The second-order valence-electron chi connectivity index (χ2n) is 3.44. The molecule has 3 N–H and O–H groups in total. The Labute approximate surface area is 94.2 Å². The number of aromatic amines is 1. The van der Waals surface area contributed by atoms with Gasteiger partial charge in [-0.05, 0) is 18.2 Å². The summed E-state index contributed by atoms with van der Waals surface area (Å²) in [6.07, 6.45) is 0. The maximum Gasteiger partial charge on any atom is 0.417 e. The molecule has 0 aliphatic carbocycles. The van der Waals surface area contributed by atoms with E-state index in [1.54, 1.807) is 18.2 Å². The number of hydrogen-bond acceptors (Lipinski definition) is 6. The monoisotopic (exact) mass is 232 g/mol. The number of nitrogens with one attached hydrogen (secondary N) is 1. The van der Waals surface area contributed by atoms with Crippen molar-refractivity contribution in [1.82, 2.24) is 15.1 Å². The van der Waals surface area contributed by atoms with Gasteiger partial charge in [0, 0.05) is 5.56 Å². The zero-order valence-electron chi connectivity index (χ0n) is 8.64. The second-order valence-corrected chi connectivity index (χ2v) is 3.44. The lowest BCUT2D eigenvalue weighted by Gasteiger charge is -1.92. The Hall–Kier alpha value is -2.41. The van der Waals surface area contributed by atoms with Gasteiger partial charge in [0.1, 0.15) is 0 Å². The molecule has 1 aromatic carbocycles. The van der Waals surface area contributed by atoms with E-state index in [4.69, 9.17) is 14.7 Å². The summed E-state index contributed by atoms with van der Waals surface area (Å²) in [6, 6.07) is 5.12. The van der Waals surface area contributed by atoms with Crippen molar-refractivity contribution >= 4 is 11.1 Å². The summed E-state index contributed by atoms with van der Waals surface area (Å²) in [6.45, 7) is 0.192. The van der Waals surface area contributed by atoms with Gasteiger partial charge in [0.25, 0.3) is 0 Å². The number of aromatic nitrogens is 3. The first-order valence-corrected chi connectivity index (χ1v) is 4.92. The van der Waals surface area contributed by atoms with Crippen LogP contribution < -0.4 is 11.5 Å². The van der Waals surface area contributed by atoms with E-state index in [1.165, 1.54) is 0 Å². The fraction of sp³-hybridized carbons (Fsp3) is 0.100. The van der Waals surface area contributed by atoms with Crippen LogP contribution in [0.15, 0.2) is 31.9 Å². The van der Waals surface area contributed by atoms with Crippen LogP contribution in [0.5, 0.6) is 0 Å². The van der Waals surface area contributed by atoms with Crippen molar-refractivity contribution < 1.29 is 8.94 Å². The minimum Gasteiger partial charge on any atom is -0.408 e. The molecule has 2 aromatic heterocycles. The summed E-state index contributed by atoms with van der Waals surface area (Å²) in [5, 5.41) is 3.78. The Morgan fingerprint density at radius 3 is 3.06 bits per heavy atom. The van der Waals surface area contributed by atoms with Crippen LogP contribution in [-0.2, 0) is 6.54 Å². The molecular formula is C10H8N4O3. The van der Waals surface area contributed by atoms with Crippen molar-refractivity contribution in [1.29, 1.82) is 0 Å². The predicted octanol–water partition coefficient (Wildman–Crippen LogP) is 0.630.